The van der Waals surface area contributed by atoms with Crippen LogP contribution in [0.1, 0.15) is 38.7 Å². The van der Waals surface area contributed by atoms with Crippen LogP contribution in [0.25, 0.3) is 0 Å². The molecular weight excluding hydrogens is 264 g/mol. The number of rotatable bonds is 2. The van der Waals surface area contributed by atoms with Gasteiger partial charge in [-0.15, -0.1) is 0 Å². The smallest absolute Gasteiger partial charge is 0.0410 e. The van der Waals surface area contributed by atoms with E-state index in [1.807, 2.05) is 12.4 Å². The third kappa shape index (κ3) is 2.83. The molecule has 1 aliphatic heterocycles. The van der Waals surface area contributed by atoms with E-state index in [1.165, 1.54) is 24.8 Å². The van der Waals surface area contributed by atoms with E-state index < -0.39 is 0 Å². The molecule has 1 aliphatic rings. The molecule has 1 aromatic rings. The van der Waals surface area contributed by atoms with E-state index in [0.29, 0.717) is 12.1 Å². The highest BCUT2D eigenvalue weighted by atomic mass is 79.9. The summed E-state index contributed by atoms with van der Waals surface area (Å²) >= 11 is 3.48. The van der Waals surface area contributed by atoms with Crippen molar-refractivity contribution in [2.75, 3.05) is 0 Å². The van der Waals surface area contributed by atoms with E-state index in [0.717, 1.165) is 11.0 Å². The lowest BCUT2D eigenvalue weighted by Crippen LogP contribution is -2.42. The van der Waals surface area contributed by atoms with Crippen LogP contribution < -0.4 is 0 Å². The lowest BCUT2D eigenvalue weighted by molar-refractivity contribution is 0.0951. The third-order valence-corrected chi connectivity index (χ3v) is 3.94. The molecule has 3 heteroatoms. The highest BCUT2D eigenvalue weighted by Gasteiger charge is 2.24. The third-order valence-electron chi connectivity index (χ3n) is 3.50. The van der Waals surface area contributed by atoms with Gasteiger partial charge in [-0.25, -0.2) is 0 Å². The quantitative estimate of drug-likeness (QED) is 0.824. The molecule has 2 atom stereocenters. The summed E-state index contributed by atoms with van der Waals surface area (Å²) in [6, 6.07) is 3.56. The zero-order valence-electron chi connectivity index (χ0n) is 9.99. The molecule has 1 aromatic heterocycles. The molecule has 16 heavy (non-hydrogen) atoms. The average molecular weight is 283 g/mol. The van der Waals surface area contributed by atoms with Crippen molar-refractivity contribution in [3.8, 4) is 0 Å². The Labute approximate surface area is 106 Å². The Morgan fingerprint density at radius 3 is 2.62 bits per heavy atom. The molecule has 0 amide bonds. The van der Waals surface area contributed by atoms with Crippen LogP contribution in [0.2, 0.25) is 0 Å². The summed E-state index contributed by atoms with van der Waals surface area (Å²) in [4.78, 5) is 6.82. The molecule has 0 N–H and O–H groups in total. The number of hydrogen-bond donors (Lipinski definition) is 0. The molecular formula is C13H19BrN2. The van der Waals surface area contributed by atoms with Crippen molar-refractivity contribution in [1.82, 2.24) is 9.88 Å². The molecule has 0 aromatic carbocycles. The second kappa shape index (κ2) is 5.28. The van der Waals surface area contributed by atoms with Gasteiger partial charge < -0.3 is 0 Å². The van der Waals surface area contributed by atoms with E-state index in [2.05, 4.69) is 45.7 Å². The van der Waals surface area contributed by atoms with Gasteiger partial charge in [0.25, 0.3) is 0 Å². The molecule has 1 fully saturated rings. The first-order valence-electron chi connectivity index (χ1n) is 6.02. The normalized spacial score (nSPS) is 26.9. The first kappa shape index (κ1) is 12.1. The van der Waals surface area contributed by atoms with Gasteiger partial charge in [0.05, 0.1) is 0 Å². The second-order valence-corrected chi connectivity index (χ2v) is 5.73. The van der Waals surface area contributed by atoms with Gasteiger partial charge in [0.15, 0.2) is 0 Å². The first-order chi connectivity index (χ1) is 7.66. The topological polar surface area (TPSA) is 16.1 Å². The van der Waals surface area contributed by atoms with E-state index in [4.69, 9.17) is 0 Å². The van der Waals surface area contributed by atoms with Gasteiger partial charge in [0.1, 0.15) is 0 Å². The number of aromatic nitrogens is 1. The molecule has 0 radical (unpaired) electrons. The van der Waals surface area contributed by atoms with E-state index in [1.54, 1.807) is 0 Å². The summed E-state index contributed by atoms with van der Waals surface area (Å²) < 4.78 is 1.07. The Bertz CT molecular complexity index is 344. The average Bonchev–Trinajstić information content (AvgIpc) is 2.24. The van der Waals surface area contributed by atoms with Gasteiger partial charge in [0, 0.05) is 35.5 Å². The summed E-state index contributed by atoms with van der Waals surface area (Å²) in [6.45, 7) is 5.69. The Morgan fingerprint density at radius 1 is 1.31 bits per heavy atom. The van der Waals surface area contributed by atoms with Crippen molar-refractivity contribution < 1.29 is 0 Å². The maximum Gasteiger partial charge on any atom is 0.0410 e. The van der Waals surface area contributed by atoms with Crippen LogP contribution in [0, 0.1) is 0 Å². The van der Waals surface area contributed by atoms with Crippen molar-refractivity contribution >= 4 is 15.9 Å². The van der Waals surface area contributed by atoms with Crippen LogP contribution in [0.15, 0.2) is 22.9 Å². The summed E-state index contributed by atoms with van der Waals surface area (Å²) in [5.74, 6) is 0. The summed E-state index contributed by atoms with van der Waals surface area (Å²) in [6.07, 6.45) is 7.83. The standard InChI is InChI=1S/C13H19BrN2/c1-10-4-3-5-11(2)16(10)9-12-6-13(14)8-15-7-12/h6-8,10-11H,3-5,9H2,1-2H3/t10-,11+. The number of pyridine rings is 1. The zero-order valence-corrected chi connectivity index (χ0v) is 11.6. The molecule has 0 spiro atoms. The minimum absolute atomic E-state index is 0.697. The monoisotopic (exact) mass is 282 g/mol. The maximum atomic E-state index is 4.23. The van der Waals surface area contributed by atoms with Crippen molar-refractivity contribution in [2.45, 2.75) is 51.7 Å². The summed E-state index contributed by atoms with van der Waals surface area (Å²) in [5.41, 5.74) is 1.30. The lowest BCUT2D eigenvalue weighted by atomic mass is 9.97. The predicted molar refractivity (Wildman–Crippen MR) is 70.3 cm³/mol. The molecule has 2 rings (SSSR count). The van der Waals surface area contributed by atoms with E-state index >= 15 is 0 Å². The minimum atomic E-state index is 0.697. The molecule has 2 heterocycles. The van der Waals surface area contributed by atoms with Crippen molar-refractivity contribution in [2.24, 2.45) is 0 Å². The van der Waals surface area contributed by atoms with Crippen LogP contribution in [0.3, 0.4) is 0 Å². The van der Waals surface area contributed by atoms with Gasteiger partial charge >= 0.3 is 0 Å². The van der Waals surface area contributed by atoms with Crippen LogP contribution in [0.5, 0.6) is 0 Å². The number of likely N-dealkylation sites (tertiary alicyclic amines) is 1. The largest absolute Gasteiger partial charge is 0.294 e. The fraction of sp³-hybridized carbons (Fsp3) is 0.615. The maximum absolute atomic E-state index is 4.23. The van der Waals surface area contributed by atoms with Crippen molar-refractivity contribution in [1.29, 1.82) is 0 Å². The Kier molecular flexibility index (Phi) is 3.98. The van der Waals surface area contributed by atoms with Crippen molar-refractivity contribution in [3.05, 3.63) is 28.5 Å². The minimum Gasteiger partial charge on any atom is -0.294 e. The molecule has 1 saturated heterocycles. The Hall–Kier alpha value is -0.410. The lowest BCUT2D eigenvalue weighted by Gasteiger charge is -2.39. The SMILES string of the molecule is C[C@@H]1CCC[C@H](C)N1Cc1cncc(Br)c1. The molecule has 0 bridgehead atoms. The van der Waals surface area contributed by atoms with Gasteiger partial charge in [-0.05, 0) is 54.2 Å². The van der Waals surface area contributed by atoms with Crippen LogP contribution in [-0.4, -0.2) is 22.0 Å². The van der Waals surface area contributed by atoms with Gasteiger partial charge in [0.2, 0.25) is 0 Å². The van der Waals surface area contributed by atoms with E-state index in [-0.39, 0.29) is 0 Å². The molecule has 0 unspecified atom stereocenters. The van der Waals surface area contributed by atoms with Crippen LogP contribution in [-0.2, 0) is 6.54 Å². The molecule has 0 saturated carbocycles. The summed E-state index contributed by atoms with van der Waals surface area (Å²) in [7, 11) is 0. The second-order valence-electron chi connectivity index (χ2n) is 4.81. The predicted octanol–water partition coefficient (Wildman–Crippen LogP) is 3.61. The first-order valence-corrected chi connectivity index (χ1v) is 6.81. The number of hydrogen-bond acceptors (Lipinski definition) is 2. The summed E-state index contributed by atoms with van der Waals surface area (Å²) in [5, 5.41) is 0. The number of piperidine rings is 1. The Balaban J connectivity index is 2.07. The van der Waals surface area contributed by atoms with Gasteiger partial charge in [-0.1, -0.05) is 6.42 Å². The van der Waals surface area contributed by atoms with Gasteiger partial charge in [-0.2, -0.15) is 0 Å². The Morgan fingerprint density at radius 2 is 2.00 bits per heavy atom. The van der Waals surface area contributed by atoms with Crippen LogP contribution in [0.4, 0.5) is 0 Å². The highest BCUT2D eigenvalue weighted by molar-refractivity contribution is 9.10. The highest BCUT2D eigenvalue weighted by Crippen LogP contribution is 2.24. The zero-order chi connectivity index (χ0) is 11.5. The molecule has 2 nitrogen and oxygen atoms in total. The van der Waals surface area contributed by atoms with Crippen molar-refractivity contribution in [3.63, 3.8) is 0 Å². The van der Waals surface area contributed by atoms with E-state index in [9.17, 15) is 0 Å². The number of halogens is 1. The fourth-order valence-corrected chi connectivity index (χ4v) is 2.95. The fourth-order valence-electron chi connectivity index (χ4n) is 2.54. The molecule has 0 aliphatic carbocycles. The molecule has 88 valence electrons. The number of nitrogens with zero attached hydrogens (tertiary/aromatic N) is 2. The van der Waals surface area contributed by atoms with Crippen LogP contribution >= 0.6 is 15.9 Å². The van der Waals surface area contributed by atoms with Gasteiger partial charge in [-0.3, -0.25) is 9.88 Å².